The molecule has 0 aromatic carbocycles. The number of carbonyl (C=O) groups is 1. The molecule has 1 saturated carbocycles. The van der Waals surface area contributed by atoms with Gasteiger partial charge in [-0.15, -0.1) is 0 Å². The Morgan fingerprint density at radius 1 is 1.24 bits per heavy atom. The zero-order chi connectivity index (χ0) is 21.4. The number of hydrogen-bond donors (Lipinski definition) is 0. The zero-order valence-corrected chi connectivity index (χ0v) is 19.7. The van der Waals surface area contributed by atoms with Crippen molar-refractivity contribution in [1.29, 1.82) is 0 Å². The van der Waals surface area contributed by atoms with Gasteiger partial charge in [0.05, 0.1) is 13.0 Å². The van der Waals surface area contributed by atoms with Crippen molar-refractivity contribution in [3.05, 3.63) is 11.6 Å². The third-order valence-corrected chi connectivity index (χ3v) is 8.72. The summed E-state index contributed by atoms with van der Waals surface area (Å²) in [7, 11) is 1.42. The highest BCUT2D eigenvalue weighted by Crippen LogP contribution is 2.60. The molecule has 1 aliphatic heterocycles. The fourth-order valence-electron chi connectivity index (χ4n) is 6.70. The number of ether oxygens (including phenoxy) is 1. The van der Waals surface area contributed by atoms with E-state index in [0.29, 0.717) is 16.7 Å². The quantitative estimate of drug-likeness (QED) is 0.308. The van der Waals surface area contributed by atoms with E-state index < -0.39 is 0 Å². The van der Waals surface area contributed by atoms with Gasteiger partial charge in [0.15, 0.2) is 0 Å². The van der Waals surface area contributed by atoms with Gasteiger partial charge in [-0.1, -0.05) is 38.8 Å². The van der Waals surface area contributed by atoms with Crippen molar-refractivity contribution >= 4 is 5.97 Å². The van der Waals surface area contributed by atoms with E-state index in [4.69, 9.17) is 14.5 Å². The van der Waals surface area contributed by atoms with E-state index in [2.05, 4.69) is 40.7 Å². The van der Waals surface area contributed by atoms with E-state index in [1.807, 2.05) is 6.92 Å². The number of esters is 1. The van der Waals surface area contributed by atoms with E-state index in [1.54, 1.807) is 5.57 Å². The Bertz CT molecular complexity index is 629. The lowest BCUT2D eigenvalue weighted by Gasteiger charge is -2.57. The molecule has 0 aromatic heterocycles. The van der Waals surface area contributed by atoms with Gasteiger partial charge >= 0.3 is 5.97 Å². The lowest BCUT2D eigenvalue weighted by molar-refractivity contribution is -0.411. The minimum absolute atomic E-state index is 0.215. The third kappa shape index (κ3) is 4.44. The maximum atomic E-state index is 11.8. The van der Waals surface area contributed by atoms with Crippen LogP contribution in [0.15, 0.2) is 11.6 Å². The molecule has 2 fully saturated rings. The van der Waals surface area contributed by atoms with E-state index in [9.17, 15) is 4.79 Å². The fourth-order valence-corrected chi connectivity index (χ4v) is 6.70. The zero-order valence-electron chi connectivity index (χ0n) is 19.7. The summed E-state index contributed by atoms with van der Waals surface area (Å²) in [5.74, 6) is 0.855. The minimum Gasteiger partial charge on any atom is -0.469 e. The van der Waals surface area contributed by atoms with Crippen molar-refractivity contribution in [2.45, 2.75) is 105 Å². The Morgan fingerprint density at radius 3 is 2.59 bits per heavy atom. The number of hydrogen-bond acceptors (Lipinski definition) is 4. The lowest BCUT2D eigenvalue weighted by Crippen LogP contribution is -2.49. The molecule has 0 amide bonds. The molecule has 6 atom stereocenters. The van der Waals surface area contributed by atoms with Crippen LogP contribution in [0.1, 0.15) is 92.9 Å². The SMILES string of the molecule is COC(=O)C(C)C1CCC(C)(CCC2C(C)=CCC3C(C)(C)CCCC23C)OO1. The highest BCUT2D eigenvalue weighted by Gasteiger charge is 2.52. The topological polar surface area (TPSA) is 44.8 Å². The van der Waals surface area contributed by atoms with Gasteiger partial charge in [0, 0.05) is 0 Å². The number of carbonyl (C=O) groups excluding carboxylic acids is 1. The number of methoxy groups -OCH3 is 1. The van der Waals surface area contributed by atoms with Crippen LogP contribution in [-0.2, 0) is 19.3 Å². The molecule has 29 heavy (non-hydrogen) atoms. The summed E-state index contributed by atoms with van der Waals surface area (Å²) in [5, 5.41) is 0. The van der Waals surface area contributed by atoms with Crippen molar-refractivity contribution in [2.75, 3.05) is 7.11 Å². The highest BCUT2D eigenvalue weighted by atomic mass is 17.2. The van der Waals surface area contributed by atoms with E-state index in [-0.39, 0.29) is 23.6 Å². The van der Waals surface area contributed by atoms with Crippen LogP contribution in [0.4, 0.5) is 0 Å². The second-order valence-electron chi connectivity index (χ2n) is 11.2. The van der Waals surface area contributed by atoms with Crippen molar-refractivity contribution in [3.8, 4) is 0 Å². The average Bonchev–Trinajstić information content (AvgIpc) is 2.66. The van der Waals surface area contributed by atoms with Crippen LogP contribution in [0.25, 0.3) is 0 Å². The summed E-state index contributed by atoms with van der Waals surface area (Å²) in [6, 6.07) is 0. The molecule has 3 aliphatic rings. The highest BCUT2D eigenvalue weighted by molar-refractivity contribution is 5.72. The van der Waals surface area contributed by atoms with Crippen molar-refractivity contribution < 1.29 is 19.3 Å². The molecule has 6 unspecified atom stereocenters. The maximum absolute atomic E-state index is 11.8. The minimum atomic E-state index is -0.294. The van der Waals surface area contributed by atoms with Gasteiger partial charge in [0.25, 0.3) is 0 Å². The van der Waals surface area contributed by atoms with Gasteiger partial charge in [-0.3, -0.25) is 4.79 Å². The van der Waals surface area contributed by atoms with Crippen molar-refractivity contribution in [3.63, 3.8) is 0 Å². The molecule has 1 heterocycles. The second kappa shape index (κ2) is 8.34. The van der Waals surface area contributed by atoms with Gasteiger partial charge in [-0.05, 0) is 88.4 Å². The Kier molecular flexibility index (Phi) is 6.56. The summed E-state index contributed by atoms with van der Waals surface area (Å²) in [6.45, 7) is 13.9. The summed E-state index contributed by atoms with van der Waals surface area (Å²) >= 11 is 0. The van der Waals surface area contributed by atoms with Gasteiger partial charge in [0.2, 0.25) is 0 Å². The lowest BCUT2D eigenvalue weighted by atomic mass is 9.48. The molecule has 4 heteroatoms. The molecular weight excluding hydrogens is 364 g/mol. The summed E-state index contributed by atoms with van der Waals surface area (Å²) in [6.07, 6.45) is 11.4. The molecule has 4 nitrogen and oxygen atoms in total. The first-order valence-corrected chi connectivity index (χ1v) is 11.6. The standard InChI is InChI=1S/C25H42O4/c1-17-9-10-21-23(3,4)13-8-14-25(21,6)19(17)11-15-24(5)16-12-20(28-29-24)18(2)22(26)27-7/h9,18-21H,8,10-16H2,1-7H3. The Labute approximate surface area is 177 Å². The number of rotatable bonds is 5. The van der Waals surface area contributed by atoms with Crippen LogP contribution in [0.2, 0.25) is 0 Å². The molecule has 0 radical (unpaired) electrons. The fraction of sp³-hybridized carbons (Fsp3) is 0.880. The number of fused-ring (bicyclic) bond motifs is 1. The molecule has 0 bridgehead atoms. The second-order valence-corrected chi connectivity index (χ2v) is 11.2. The molecule has 0 aromatic rings. The van der Waals surface area contributed by atoms with Crippen LogP contribution < -0.4 is 0 Å². The molecule has 2 aliphatic carbocycles. The van der Waals surface area contributed by atoms with Crippen molar-refractivity contribution in [2.24, 2.45) is 28.6 Å². The Balaban J connectivity index is 1.64. The van der Waals surface area contributed by atoms with E-state index in [0.717, 1.165) is 31.6 Å². The predicted octanol–water partition coefficient (Wildman–Crippen LogP) is 6.24. The van der Waals surface area contributed by atoms with Crippen LogP contribution in [-0.4, -0.2) is 24.8 Å². The van der Waals surface area contributed by atoms with Crippen molar-refractivity contribution in [1.82, 2.24) is 0 Å². The maximum Gasteiger partial charge on any atom is 0.311 e. The Hall–Kier alpha value is -0.870. The van der Waals surface area contributed by atoms with Gasteiger partial charge in [-0.2, -0.15) is 0 Å². The van der Waals surface area contributed by atoms with Crippen LogP contribution in [0.5, 0.6) is 0 Å². The molecule has 0 N–H and O–H groups in total. The molecule has 166 valence electrons. The van der Waals surface area contributed by atoms with Gasteiger partial charge in [-0.25, -0.2) is 9.78 Å². The largest absolute Gasteiger partial charge is 0.469 e. The summed E-state index contributed by atoms with van der Waals surface area (Å²) < 4.78 is 4.85. The molecule has 3 rings (SSSR count). The van der Waals surface area contributed by atoms with Crippen LogP contribution >= 0.6 is 0 Å². The van der Waals surface area contributed by atoms with Gasteiger partial charge in [0.1, 0.15) is 11.7 Å². The smallest absolute Gasteiger partial charge is 0.311 e. The monoisotopic (exact) mass is 406 g/mol. The van der Waals surface area contributed by atoms with Crippen LogP contribution in [0, 0.1) is 28.6 Å². The van der Waals surface area contributed by atoms with E-state index >= 15 is 0 Å². The molecule has 1 saturated heterocycles. The normalized spacial score (nSPS) is 40.5. The summed E-state index contributed by atoms with van der Waals surface area (Å²) in [5.41, 5.74) is 2.10. The number of allylic oxidation sites excluding steroid dienone is 2. The first-order chi connectivity index (χ1) is 13.5. The first-order valence-electron chi connectivity index (χ1n) is 11.6. The Morgan fingerprint density at radius 2 is 1.97 bits per heavy atom. The average molecular weight is 407 g/mol. The summed E-state index contributed by atoms with van der Waals surface area (Å²) in [4.78, 5) is 23.4. The van der Waals surface area contributed by atoms with Gasteiger partial charge < -0.3 is 4.74 Å². The molecular formula is C25H42O4. The molecule has 0 spiro atoms. The van der Waals surface area contributed by atoms with Crippen LogP contribution in [0.3, 0.4) is 0 Å². The first kappa shape index (κ1) is 22.8. The predicted molar refractivity (Wildman–Crippen MR) is 115 cm³/mol. The van der Waals surface area contributed by atoms with E-state index in [1.165, 1.54) is 32.8 Å². The third-order valence-electron chi connectivity index (χ3n) is 8.72.